The van der Waals surface area contributed by atoms with E-state index in [2.05, 4.69) is 20.7 Å². The fraction of sp³-hybridized carbons (Fsp3) is 0.458. The SMILES string of the molecule is Cc1c(C(=O)NCCCN2CCOCC2)oc2c1/C(=N/NC(=O)c1ccc(Cl)cc1)CCC2. The number of rotatable bonds is 7. The van der Waals surface area contributed by atoms with Crippen molar-refractivity contribution in [1.82, 2.24) is 15.6 Å². The number of ether oxygens (including phenoxy) is 1. The summed E-state index contributed by atoms with van der Waals surface area (Å²) in [5.41, 5.74) is 5.41. The van der Waals surface area contributed by atoms with Gasteiger partial charge in [0.05, 0.1) is 18.9 Å². The fourth-order valence-electron chi connectivity index (χ4n) is 4.19. The van der Waals surface area contributed by atoms with Crippen LogP contribution in [0.3, 0.4) is 0 Å². The molecule has 33 heavy (non-hydrogen) atoms. The van der Waals surface area contributed by atoms with E-state index in [0.717, 1.165) is 74.7 Å². The average molecular weight is 473 g/mol. The monoisotopic (exact) mass is 472 g/mol. The molecular weight excluding hydrogens is 444 g/mol. The van der Waals surface area contributed by atoms with Gasteiger partial charge in [-0.3, -0.25) is 14.5 Å². The minimum atomic E-state index is -0.314. The van der Waals surface area contributed by atoms with E-state index in [0.29, 0.717) is 29.3 Å². The van der Waals surface area contributed by atoms with E-state index in [-0.39, 0.29) is 11.8 Å². The molecule has 0 spiro atoms. The molecule has 1 aliphatic carbocycles. The molecule has 2 aliphatic rings. The first-order valence-corrected chi connectivity index (χ1v) is 11.7. The smallest absolute Gasteiger partial charge is 0.287 e. The van der Waals surface area contributed by atoms with Gasteiger partial charge in [0, 0.05) is 47.8 Å². The molecule has 1 aromatic heterocycles. The lowest BCUT2D eigenvalue weighted by molar-refractivity contribution is 0.0374. The number of nitrogens with one attached hydrogen (secondary N) is 2. The first kappa shape index (κ1) is 23.5. The van der Waals surface area contributed by atoms with Crippen molar-refractivity contribution in [3.05, 3.63) is 57.5 Å². The lowest BCUT2D eigenvalue weighted by Crippen LogP contribution is -2.38. The Morgan fingerprint density at radius 2 is 1.88 bits per heavy atom. The van der Waals surface area contributed by atoms with Crippen LogP contribution >= 0.6 is 11.6 Å². The van der Waals surface area contributed by atoms with Gasteiger partial charge in [-0.1, -0.05) is 11.6 Å². The van der Waals surface area contributed by atoms with Gasteiger partial charge in [-0.15, -0.1) is 0 Å². The van der Waals surface area contributed by atoms with Crippen molar-refractivity contribution in [3.63, 3.8) is 0 Å². The molecule has 1 aromatic carbocycles. The summed E-state index contributed by atoms with van der Waals surface area (Å²) in [6.45, 7) is 6.80. The minimum Gasteiger partial charge on any atom is -0.455 e. The van der Waals surface area contributed by atoms with Gasteiger partial charge in [0.25, 0.3) is 11.8 Å². The van der Waals surface area contributed by atoms with Crippen LogP contribution in [0.15, 0.2) is 33.8 Å². The number of furan rings is 1. The number of carbonyl (C=O) groups is 2. The Labute approximate surface area is 198 Å². The Morgan fingerprint density at radius 1 is 1.12 bits per heavy atom. The van der Waals surface area contributed by atoms with E-state index in [4.69, 9.17) is 20.8 Å². The van der Waals surface area contributed by atoms with E-state index in [1.165, 1.54) is 0 Å². The summed E-state index contributed by atoms with van der Waals surface area (Å²) in [5.74, 6) is 0.542. The molecule has 2 heterocycles. The number of benzene rings is 1. The zero-order valence-corrected chi connectivity index (χ0v) is 19.5. The first-order chi connectivity index (χ1) is 16.0. The zero-order valence-electron chi connectivity index (χ0n) is 18.8. The molecule has 0 radical (unpaired) electrons. The lowest BCUT2D eigenvalue weighted by Gasteiger charge is -2.26. The molecule has 2 amide bonds. The van der Waals surface area contributed by atoms with E-state index in [1.54, 1.807) is 24.3 Å². The van der Waals surface area contributed by atoms with Crippen molar-refractivity contribution in [2.75, 3.05) is 39.4 Å². The summed E-state index contributed by atoms with van der Waals surface area (Å²) >= 11 is 5.88. The van der Waals surface area contributed by atoms with Gasteiger partial charge >= 0.3 is 0 Å². The summed E-state index contributed by atoms with van der Waals surface area (Å²) < 4.78 is 11.3. The first-order valence-electron chi connectivity index (χ1n) is 11.4. The highest BCUT2D eigenvalue weighted by Gasteiger charge is 2.28. The molecule has 176 valence electrons. The van der Waals surface area contributed by atoms with Crippen LogP contribution in [-0.4, -0.2) is 61.8 Å². The molecule has 1 aliphatic heterocycles. The molecule has 2 N–H and O–H groups in total. The van der Waals surface area contributed by atoms with Gasteiger partial charge in [0.2, 0.25) is 0 Å². The molecular formula is C24H29ClN4O4. The second-order valence-corrected chi connectivity index (χ2v) is 8.71. The summed E-state index contributed by atoms with van der Waals surface area (Å²) in [6.07, 6.45) is 3.16. The number of morpholine rings is 1. The van der Waals surface area contributed by atoms with Gasteiger partial charge in [0.1, 0.15) is 5.76 Å². The van der Waals surface area contributed by atoms with E-state index in [9.17, 15) is 9.59 Å². The van der Waals surface area contributed by atoms with Crippen LogP contribution in [0.1, 0.15) is 57.1 Å². The average Bonchev–Trinajstić information content (AvgIpc) is 3.18. The third-order valence-electron chi connectivity index (χ3n) is 5.97. The molecule has 0 unspecified atom stereocenters. The normalized spacial score (nSPS) is 17.6. The third kappa shape index (κ3) is 5.82. The van der Waals surface area contributed by atoms with E-state index in [1.807, 2.05) is 6.92 Å². The van der Waals surface area contributed by atoms with Crippen molar-refractivity contribution in [2.24, 2.45) is 5.10 Å². The Kier molecular flexibility index (Phi) is 7.80. The highest BCUT2D eigenvalue weighted by molar-refractivity contribution is 6.30. The Balaban J connectivity index is 1.38. The van der Waals surface area contributed by atoms with Crippen LogP contribution in [0.5, 0.6) is 0 Å². The maximum atomic E-state index is 12.8. The van der Waals surface area contributed by atoms with Crippen LogP contribution in [0, 0.1) is 6.92 Å². The van der Waals surface area contributed by atoms with Gasteiger partial charge in [0.15, 0.2) is 5.76 Å². The molecule has 8 nitrogen and oxygen atoms in total. The highest BCUT2D eigenvalue weighted by atomic mass is 35.5. The number of fused-ring (bicyclic) bond motifs is 1. The standard InChI is InChI=1S/C24H29ClN4O4/c1-16-21-19(27-28-23(30)17-6-8-18(25)9-7-17)4-2-5-20(21)33-22(16)24(31)26-10-3-11-29-12-14-32-15-13-29/h6-9H,2-5,10-15H2,1H3,(H,26,31)(H,28,30)/b27-19+. The van der Waals surface area contributed by atoms with Gasteiger partial charge < -0.3 is 14.5 Å². The van der Waals surface area contributed by atoms with Gasteiger partial charge in [-0.2, -0.15) is 5.10 Å². The summed E-state index contributed by atoms with van der Waals surface area (Å²) in [6, 6.07) is 6.62. The van der Waals surface area contributed by atoms with Crippen molar-refractivity contribution >= 4 is 29.1 Å². The van der Waals surface area contributed by atoms with Crippen LogP contribution in [-0.2, 0) is 11.2 Å². The number of hydrogen-bond donors (Lipinski definition) is 2. The lowest BCUT2D eigenvalue weighted by atomic mass is 9.93. The Bertz CT molecular complexity index is 1030. The summed E-state index contributed by atoms with van der Waals surface area (Å²) in [4.78, 5) is 27.5. The number of hydrogen-bond acceptors (Lipinski definition) is 6. The van der Waals surface area contributed by atoms with Crippen molar-refractivity contribution in [2.45, 2.75) is 32.6 Å². The summed E-state index contributed by atoms with van der Waals surface area (Å²) in [5, 5.41) is 7.89. The second-order valence-electron chi connectivity index (χ2n) is 8.28. The topological polar surface area (TPSA) is 96.2 Å². The minimum absolute atomic E-state index is 0.214. The molecule has 0 saturated carbocycles. The van der Waals surface area contributed by atoms with Crippen molar-refractivity contribution < 1.29 is 18.7 Å². The maximum absolute atomic E-state index is 12.8. The van der Waals surface area contributed by atoms with Crippen LogP contribution in [0.2, 0.25) is 5.02 Å². The Morgan fingerprint density at radius 3 is 2.64 bits per heavy atom. The van der Waals surface area contributed by atoms with E-state index >= 15 is 0 Å². The van der Waals surface area contributed by atoms with Crippen LogP contribution in [0.25, 0.3) is 0 Å². The van der Waals surface area contributed by atoms with Gasteiger partial charge in [-0.05, 0) is 57.0 Å². The van der Waals surface area contributed by atoms with Crippen molar-refractivity contribution in [1.29, 1.82) is 0 Å². The predicted molar refractivity (Wildman–Crippen MR) is 126 cm³/mol. The zero-order chi connectivity index (χ0) is 23.2. The number of nitrogens with zero attached hydrogens (tertiary/aromatic N) is 2. The molecule has 1 fully saturated rings. The number of amides is 2. The number of halogens is 1. The number of aryl methyl sites for hydroxylation is 1. The molecule has 0 bridgehead atoms. The largest absolute Gasteiger partial charge is 0.455 e. The second kappa shape index (κ2) is 11.0. The van der Waals surface area contributed by atoms with Crippen LogP contribution < -0.4 is 10.7 Å². The Hall–Kier alpha value is -2.68. The van der Waals surface area contributed by atoms with Crippen molar-refractivity contribution in [3.8, 4) is 0 Å². The number of carbonyl (C=O) groups excluding carboxylic acids is 2. The van der Waals surface area contributed by atoms with Gasteiger partial charge in [-0.25, -0.2) is 5.43 Å². The number of hydrazone groups is 1. The molecule has 9 heteroatoms. The molecule has 2 aromatic rings. The molecule has 1 saturated heterocycles. The van der Waals surface area contributed by atoms with Crippen LogP contribution in [0.4, 0.5) is 0 Å². The summed E-state index contributed by atoms with van der Waals surface area (Å²) in [7, 11) is 0. The maximum Gasteiger partial charge on any atom is 0.287 e. The molecule has 4 rings (SSSR count). The highest BCUT2D eigenvalue weighted by Crippen LogP contribution is 2.29. The quantitative estimate of drug-likeness (QED) is 0.476. The third-order valence-corrected chi connectivity index (χ3v) is 6.22. The van der Waals surface area contributed by atoms with E-state index < -0.39 is 0 Å². The molecule has 0 atom stereocenters. The predicted octanol–water partition coefficient (Wildman–Crippen LogP) is 3.16. The fourth-order valence-corrected chi connectivity index (χ4v) is 4.32.